The summed E-state index contributed by atoms with van der Waals surface area (Å²) in [5, 5.41) is 9.50. The summed E-state index contributed by atoms with van der Waals surface area (Å²) in [6.45, 7) is 9.45. The summed E-state index contributed by atoms with van der Waals surface area (Å²) in [7, 11) is 0. The lowest BCUT2D eigenvalue weighted by Gasteiger charge is -2.42. The molecule has 1 amide bonds. The molecule has 3 heteroatoms. The van der Waals surface area contributed by atoms with Gasteiger partial charge in [0.25, 0.3) is 0 Å². The molecule has 0 unspecified atom stereocenters. The van der Waals surface area contributed by atoms with Crippen molar-refractivity contribution < 1.29 is 9.90 Å². The van der Waals surface area contributed by atoms with Gasteiger partial charge in [0.2, 0.25) is 5.91 Å². The Morgan fingerprint density at radius 1 is 1.19 bits per heavy atom. The lowest BCUT2D eigenvalue weighted by Crippen LogP contribution is -2.45. The van der Waals surface area contributed by atoms with Crippen molar-refractivity contribution >= 4 is 5.91 Å². The van der Waals surface area contributed by atoms with E-state index in [-0.39, 0.29) is 18.4 Å². The van der Waals surface area contributed by atoms with Crippen molar-refractivity contribution in [1.29, 1.82) is 0 Å². The summed E-state index contributed by atoms with van der Waals surface area (Å²) in [6.07, 6.45) is 6.73. The van der Waals surface area contributed by atoms with Crippen LogP contribution in [0.1, 0.15) is 75.0 Å². The number of hydrogen-bond acceptors (Lipinski definition) is 2. The van der Waals surface area contributed by atoms with Gasteiger partial charge < -0.3 is 10.0 Å². The average molecular weight is 358 g/mol. The molecule has 1 aliphatic heterocycles. The number of rotatable bonds is 4. The van der Waals surface area contributed by atoms with Crippen LogP contribution in [0.4, 0.5) is 0 Å². The van der Waals surface area contributed by atoms with Crippen LogP contribution in [0.25, 0.3) is 0 Å². The molecule has 3 nitrogen and oxygen atoms in total. The van der Waals surface area contributed by atoms with Gasteiger partial charge in [-0.2, -0.15) is 0 Å². The van der Waals surface area contributed by atoms with Gasteiger partial charge in [0.05, 0.1) is 12.5 Å². The second kappa shape index (κ2) is 7.72. The van der Waals surface area contributed by atoms with Gasteiger partial charge in [-0.1, -0.05) is 36.2 Å². The summed E-state index contributed by atoms with van der Waals surface area (Å²) in [4.78, 5) is 14.8. The smallest absolute Gasteiger partial charge is 0.228 e. The molecule has 26 heavy (non-hydrogen) atoms. The zero-order valence-electron chi connectivity index (χ0n) is 16.9. The van der Waals surface area contributed by atoms with Crippen LogP contribution in [0.15, 0.2) is 18.2 Å². The summed E-state index contributed by atoms with van der Waals surface area (Å²) < 4.78 is 0. The van der Waals surface area contributed by atoms with Gasteiger partial charge in [-0.15, -0.1) is 0 Å². The van der Waals surface area contributed by atoms with Gasteiger partial charge in [0.15, 0.2) is 0 Å². The molecule has 1 saturated carbocycles. The highest BCUT2D eigenvalue weighted by molar-refractivity contribution is 5.79. The number of aliphatic hydroxyl groups is 1. The SMILES string of the molecule is CC[C@H](CO)C(=O)N1CCC2(CCC(c3cc(C)cc(C)c3)CC2)[C@H]1C. The van der Waals surface area contributed by atoms with Crippen molar-refractivity contribution in [2.75, 3.05) is 13.2 Å². The van der Waals surface area contributed by atoms with Crippen LogP contribution < -0.4 is 0 Å². The maximum absolute atomic E-state index is 12.8. The van der Waals surface area contributed by atoms with Crippen molar-refractivity contribution in [2.45, 2.75) is 78.2 Å². The minimum absolute atomic E-state index is 0.0274. The van der Waals surface area contributed by atoms with Crippen LogP contribution in [0.5, 0.6) is 0 Å². The van der Waals surface area contributed by atoms with E-state index in [0.717, 1.165) is 19.4 Å². The number of likely N-dealkylation sites (tertiary alicyclic amines) is 1. The molecule has 1 aromatic carbocycles. The van der Waals surface area contributed by atoms with Crippen molar-refractivity contribution in [3.05, 3.63) is 34.9 Å². The highest BCUT2D eigenvalue weighted by Crippen LogP contribution is 2.51. The molecule has 2 aliphatic rings. The number of aliphatic hydroxyl groups excluding tert-OH is 1. The first-order chi connectivity index (χ1) is 12.4. The zero-order chi connectivity index (χ0) is 18.9. The monoisotopic (exact) mass is 357 g/mol. The molecule has 1 N–H and O–H groups in total. The number of hydrogen-bond donors (Lipinski definition) is 1. The Morgan fingerprint density at radius 3 is 2.35 bits per heavy atom. The molecular weight excluding hydrogens is 322 g/mol. The first-order valence-electron chi connectivity index (χ1n) is 10.4. The number of carbonyl (C=O) groups is 1. The van der Waals surface area contributed by atoms with Crippen molar-refractivity contribution in [3.63, 3.8) is 0 Å². The van der Waals surface area contributed by atoms with Crippen LogP contribution in [0, 0.1) is 25.2 Å². The predicted octanol–water partition coefficient (Wildman–Crippen LogP) is 4.59. The maximum Gasteiger partial charge on any atom is 0.228 e. The maximum atomic E-state index is 12.8. The van der Waals surface area contributed by atoms with Crippen LogP contribution in [0.2, 0.25) is 0 Å². The Kier molecular flexibility index (Phi) is 5.76. The Hall–Kier alpha value is -1.35. The lowest BCUT2D eigenvalue weighted by atomic mass is 9.65. The second-order valence-corrected chi connectivity index (χ2v) is 8.80. The first-order valence-corrected chi connectivity index (χ1v) is 10.4. The van der Waals surface area contributed by atoms with E-state index in [4.69, 9.17) is 0 Å². The highest BCUT2D eigenvalue weighted by atomic mass is 16.3. The quantitative estimate of drug-likeness (QED) is 0.856. The molecule has 0 bridgehead atoms. The van der Waals surface area contributed by atoms with Gasteiger partial charge in [0.1, 0.15) is 0 Å². The molecule has 0 radical (unpaired) electrons. The van der Waals surface area contributed by atoms with E-state index >= 15 is 0 Å². The molecule has 2 atom stereocenters. The fourth-order valence-electron chi connectivity index (χ4n) is 5.43. The number of carbonyl (C=O) groups excluding carboxylic acids is 1. The van der Waals surface area contributed by atoms with Crippen LogP contribution in [-0.2, 0) is 4.79 Å². The van der Waals surface area contributed by atoms with Crippen LogP contribution in [-0.4, -0.2) is 35.1 Å². The predicted molar refractivity (Wildman–Crippen MR) is 106 cm³/mol. The normalized spacial score (nSPS) is 30.0. The van der Waals surface area contributed by atoms with E-state index in [1.807, 2.05) is 6.92 Å². The third-order valence-electron chi connectivity index (χ3n) is 7.25. The standard InChI is InChI=1S/C23H35NO2/c1-5-19(15-25)22(26)24-11-10-23(18(24)4)8-6-20(7-9-23)21-13-16(2)12-17(3)14-21/h12-14,18-20,25H,5-11,15H2,1-4H3/t18-,19-,20?,23?/m1/s1. The van der Waals surface area contributed by atoms with Crippen molar-refractivity contribution in [2.24, 2.45) is 11.3 Å². The van der Waals surface area contributed by atoms with Gasteiger partial charge in [0, 0.05) is 12.6 Å². The first kappa shape index (κ1) is 19.4. The topological polar surface area (TPSA) is 40.5 Å². The third kappa shape index (κ3) is 3.55. The second-order valence-electron chi connectivity index (χ2n) is 8.80. The summed E-state index contributed by atoms with van der Waals surface area (Å²) in [5.74, 6) is 0.604. The molecule has 1 saturated heterocycles. The largest absolute Gasteiger partial charge is 0.396 e. The molecule has 144 valence electrons. The molecule has 2 fully saturated rings. The molecular formula is C23H35NO2. The molecule has 1 spiro atoms. The fourth-order valence-corrected chi connectivity index (χ4v) is 5.43. The molecule has 0 aromatic heterocycles. The number of nitrogens with zero attached hydrogens (tertiary/aromatic N) is 1. The summed E-state index contributed by atoms with van der Waals surface area (Å²) >= 11 is 0. The average Bonchev–Trinajstić information content (AvgIpc) is 2.92. The van der Waals surface area contributed by atoms with Gasteiger partial charge >= 0.3 is 0 Å². The molecule has 1 aliphatic carbocycles. The van der Waals surface area contributed by atoms with E-state index in [9.17, 15) is 9.90 Å². The van der Waals surface area contributed by atoms with Gasteiger partial charge in [-0.3, -0.25) is 4.79 Å². The van der Waals surface area contributed by atoms with Crippen molar-refractivity contribution in [1.82, 2.24) is 4.90 Å². The molecule has 3 rings (SSSR count). The van der Waals surface area contributed by atoms with E-state index in [2.05, 4.69) is 43.9 Å². The van der Waals surface area contributed by atoms with Gasteiger partial charge in [-0.25, -0.2) is 0 Å². The van der Waals surface area contributed by atoms with Gasteiger partial charge in [-0.05, 0) is 76.2 Å². The van der Waals surface area contributed by atoms with Crippen LogP contribution in [0.3, 0.4) is 0 Å². The Labute approximate surface area is 158 Å². The molecule has 1 aromatic rings. The summed E-state index contributed by atoms with van der Waals surface area (Å²) in [5.41, 5.74) is 4.52. The Bertz CT molecular complexity index is 621. The lowest BCUT2D eigenvalue weighted by molar-refractivity contribution is -0.138. The summed E-state index contributed by atoms with van der Waals surface area (Å²) in [6, 6.07) is 7.27. The van der Waals surface area contributed by atoms with E-state index < -0.39 is 0 Å². The molecule has 1 heterocycles. The van der Waals surface area contributed by atoms with E-state index in [1.54, 1.807) is 0 Å². The highest BCUT2D eigenvalue weighted by Gasteiger charge is 2.48. The number of benzene rings is 1. The zero-order valence-corrected chi connectivity index (χ0v) is 16.9. The minimum atomic E-state index is -0.223. The van der Waals surface area contributed by atoms with Crippen LogP contribution >= 0.6 is 0 Å². The fraction of sp³-hybridized carbons (Fsp3) is 0.696. The number of aryl methyl sites for hydroxylation is 2. The number of amides is 1. The minimum Gasteiger partial charge on any atom is -0.396 e. The van der Waals surface area contributed by atoms with E-state index in [1.165, 1.54) is 42.4 Å². The van der Waals surface area contributed by atoms with E-state index in [0.29, 0.717) is 17.4 Å². The Morgan fingerprint density at radius 2 is 1.81 bits per heavy atom. The Balaban J connectivity index is 1.68. The van der Waals surface area contributed by atoms with Crippen molar-refractivity contribution in [3.8, 4) is 0 Å². The third-order valence-corrected chi connectivity index (χ3v) is 7.25.